The molecule has 32 heavy (non-hydrogen) atoms. The molecule has 1 amide bonds. The summed E-state index contributed by atoms with van der Waals surface area (Å²) in [7, 11) is 1.52. The summed E-state index contributed by atoms with van der Waals surface area (Å²) in [5, 5.41) is 3.12. The molecule has 6 nitrogen and oxygen atoms in total. The van der Waals surface area contributed by atoms with E-state index in [0.29, 0.717) is 28.4 Å². The highest BCUT2D eigenvalue weighted by Crippen LogP contribution is 2.24. The van der Waals surface area contributed by atoms with E-state index >= 15 is 0 Å². The number of methoxy groups -OCH3 is 1. The number of hydrogen-bond acceptors (Lipinski definition) is 5. The molecule has 4 rings (SSSR count). The van der Waals surface area contributed by atoms with E-state index < -0.39 is 17.5 Å². The molecule has 0 aliphatic carbocycles. The first-order chi connectivity index (χ1) is 15.5. The number of rotatable bonds is 6. The van der Waals surface area contributed by atoms with E-state index in [-0.39, 0.29) is 22.2 Å². The molecule has 0 aliphatic heterocycles. The summed E-state index contributed by atoms with van der Waals surface area (Å²) in [6, 6.07) is 16.7. The lowest BCUT2D eigenvalue weighted by Gasteiger charge is -2.14. The number of para-hydroxylation sites is 1. The zero-order valence-electron chi connectivity index (χ0n) is 16.8. The van der Waals surface area contributed by atoms with Crippen molar-refractivity contribution in [3.63, 3.8) is 0 Å². The van der Waals surface area contributed by atoms with E-state index in [2.05, 4.69) is 10.3 Å². The minimum absolute atomic E-state index is 0.131. The Bertz CT molecular complexity index is 1370. The lowest BCUT2D eigenvalue weighted by atomic mass is 10.2. The van der Waals surface area contributed by atoms with Crippen LogP contribution in [0.5, 0.6) is 5.75 Å². The number of benzene rings is 3. The summed E-state index contributed by atoms with van der Waals surface area (Å²) < 4.78 is 33.6. The van der Waals surface area contributed by atoms with Gasteiger partial charge >= 0.3 is 0 Å². The highest BCUT2D eigenvalue weighted by molar-refractivity contribution is 7.99. The van der Waals surface area contributed by atoms with Crippen molar-refractivity contribution in [2.45, 2.75) is 5.16 Å². The Labute approximate surface area is 185 Å². The third-order valence-electron chi connectivity index (χ3n) is 4.59. The van der Waals surface area contributed by atoms with E-state index in [4.69, 9.17) is 4.74 Å². The quantitative estimate of drug-likeness (QED) is 0.346. The Morgan fingerprint density at radius 3 is 2.69 bits per heavy atom. The monoisotopic (exact) mass is 453 g/mol. The number of ether oxygens (including phenoxy) is 1. The van der Waals surface area contributed by atoms with Gasteiger partial charge < -0.3 is 10.1 Å². The maximum Gasteiger partial charge on any atom is 0.266 e. The van der Waals surface area contributed by atoms with Crippen LogP contribution in [-0.4, -0.2) is 28.3 Å². The van der Waals surface area contributed by atoms with Crippen molar-refractivity contribution in [3.05, 3.63) is 88.7 Å². The number of carbonyl (C=O) groups is 1. The van der Waals surface area contributed by atoms with Crippen LogP contribution in [0.15, 0.2) is 76.7 Å². The first-order valence-electron chi connectivity index (χ1n) is 9.50. The van der Waals surface area contributed by atoms with E-state index in [1.807, 2.05) is 0 Å². The lowest BCUT2D eigenvalue weighted by Crippen LogP contribution is -2.23. The molecule has 0 bridgehead atoms. The molecule has 0 fully saturated rings. The van der Waals surface area contributed by atoms with Crippen molar-refractivity contribution < 1.29 is 18.3 Å². The molecule has 162 valence electrons. The second-order valence-electron chi connectivity index (χ2n) is 6.71. The van der Waals surface area contributed by atoms with Crippen molar-refractivity contribution in [2.75, 3.05) is 18.2 Å². The molecule has 4 aromatic rings. The first-order valence-corrected chi connectivity index (χ1v) is 10.5. The van der Waals surface area contributed by atoms with Crippen molar-refractivity contribution in [1.29, 1.82) is 0 Å². The van der Waals surface area contributed by atoms with Crippen molar-refractivity contribution in [3.8, 4) is 11.4 Å². The van der Waals surface area contributed by atoms with E-state index in [1.54, 1.807) is 48.5 Å². The minimum atomic E-state index is -0.875. The Balaban J connectivity index is 1.68. The number of nitrogens with zero attached hydrogens (tertiary/aromatic N) is 2. The average molecular weight is 453 g/mol. The summed E-state index contributed by atoms with van der Waals surface area (Å²) in [6.07, 6.45) is 0. The van der Waals surface area contributed by atoms with Gasteiger partial charge in [-0.2, -0.15) is 0 Å². The Morgan fingerprint density at radius 1 is 1.09 bits per heavy atom. The van der Waals surface area contributed by atoms with Crippen LogP contribution in [0.1, 0.15) is 0 Å². The highest BCUT2D eigenvalue weighted by Gasteiger charge is 2.16. The van der Waals surface area contributed by atoms with Gasteiger partial charge in [0.05, 0.1) is 35.1 Å². The van der Waals surface area contributed by atoms with E-state index in [0.717, 1.165) is 23.9 Å². The second-order valence-corrected chi connectivity index (χ2v) is 7.66. The Hall–Kier alpha value is -3.72. The standard InChI is InChI=1S/C23H17F2N3O3S/c1-31-16-6-4-5-15(12-16)28-22(30)17-7-2-3-8-19(17)27-23(28)32-13-21(29)26-20-10-9-14(24)11-18(20)25/h2-12H,13H2,1H3,(H,26,29). The molecule has 0 aliphatic rings. The number of aromatic nitrogens is 2. The largest absolute Gasteiger partial charge is 0.497 e. The van der Waals surface area contributed by atoms with Crippen LogP contribution in [0.25, 0.3) is 16.6 Å². The van der Waals surface area contributed by atoms with Crippen LogP contribution >= 0.6 is 11.8 Å². The van der Waals surface area contributed by atoms with Gasteiger partial charge in [-0.15, -0.1) is 0 Å². The molecule has 3 aromatic carbocycles. The summed E-state index contributed by atoms with van der Waals surface area (Å²) in [5.41, 5.74) is 0.592. The molecule has 0 radical (unpaired) electrons. The number of fused-ring (bicyclic) bond motifs is 1. The zero-order valence-corrected chi connectivity index (χ0v) is 17.7. The third-order valence-corrected chi connectivity index (χ3v) is 5.53. The smallest absolute Gasteiger partial charge is 0.266 e. The first kappa shape index (κ1) is 21.5. The molecule has 0 unspecified atom stereocenters. The van der Waals surface area contributed by atoms with Gasteiger partial charge in [0.15, 0.2) is 5.16 Å². The number of carbonyl (C=O) groups excluding carboxylic acids is 1. The van der Waals surface area contributed by atoms with Gasteiger partial charge in [0.25, 0.3) is 5.56 Å². The Kier molecular flexibility index (Phi) is 6.18. The van der Waals surface area contributed by atoms with Crippen molar-refractivity contribution in [1.82, 2.24) is 9.55 Å². The maximum absolute atomic E-state index is 13.8. The molecule has 1 heterocycles. The van der Waals surface area contributed by atoms with Gasteiger partial charge in [0, 0.05) is 12.1 Å². The molecule has 1 N–H and O–H groups in total. The molecule has 0 saturated heterocycles. The minimum Gasteiger partial charge on any atom is -0.497 e. The molecule has 0 saturated carbocycles. The fraction of sp³-hybridized carbons (Fsp3) is 0.0870. The zero-order chi connectivity index (χ0) is 22.7. The number of halogens is 2. The topological polar surface area (TPSA) is 73.2 Å². The maximum atomic E-state index is 13.8. The lowest BCUT2D eigenvalue weighted by molar-refractivity contribution is -0.113. The summed E-state index contributed by atoms with van der Waals surface area (Å²) >= 11 is 1.02. The predicted molar refractivity (Wildman–Crippen MR) is 120 cm³/mol. The Morgan fingerprint density at radius 2 is 1.91 bits per heavy atom. The fourth-order valence-corrected chi connectivity index (χ4v) is 3.91. The van der Waals surface area contributed by atoms with Gasteiger partial charge in [-0.3, -0.25) is 14.2 Å². The second kappa shape index (κ2) is 9.19. The van der Waals surface area contributed by atoms with Crippen LogP contribution in [0.3, 0.4) is 0 Å². The molecule has 0 atom stereocenters. The van der Waals surface area contributed by atoms with Gasteiger partial charge in [0.1, 0.15) is 17.4 Å². The van der Waals surface area contributed by atoms with Crippen molar-refractivity contribution in [2.24, 2.45) is 0 Å². The summed E-state index contributed by atoms with van der Waals surface area (Å²) in [5.74, 6) is -1.73. The van der Waals surface area contributed by atoms with Gasteiger partial charge in [0.2, 0.25) is 5.91 Å². The van der Waals surface area contributed by atoms with Gasteiger partial charge in [-0.05, 0) is 36.4 Å². The van der Waals surface area contributed by atoms with E-state index in [1.165, 1.54) is 11.7 Å². The number of nitrogens with one attached hydrogen (secondary N) is 1. The number of hydrogen-bond donors (Lipinski definition) is 1. The summed E-state index contributed by atoms with van der Waals surface area (Å²) in [4.78, 5) is 30.2. The molecule has 9 heteroatoms. The van der Waals surface area contributed by atoms with E-state index in [9.17, 15) is 18.4 Å². The fourth-order valence-electron chi connectivity index (χ4n) is 3.09. The van der Waals surface area contributed by atoms with Gasteiger partial charge in [-0.1, -0.05) is 30.0 Å². The average Bonchev–Trinajstić information content (AvgIpc) is 2.79. The highest BCUT2D eigenvalue weighted by atomic mass is 32.2. The third kappa shape index (κ3) is 4.47. The number of thioether (sulfide) groups is 1. The molecular weight excluding hydrogens is 436 g/mol. The van der Waals surface area contributed by atoms with Crippen molar-refractivity contribution >= 4 is 34.3 Å². The van der Waals surface area contributed by atoms with Crippen LogP contribution in [0, 0.1) is 11.6 Å². The molecular formula is C23H17F2N3O3S. The summed E-state index contributed by atoms with van der Waals surface area (Å²) in [6.45, 7) is 0. The SMILES string of the molecule is COc1cccc(-n2c(SCC(=O)Nc3ccc(F)cc3F)nc3ccccc3c2=O)c1. The number of anilines is 1. The van der Waals surface area contributed by atoms with Crippen LogP contribution in [-0.2, 0) is 4.79 Å². The molecule has 0 spiro atoms. The number of amides is 1. The van der Waals surface area contributed by atoms with Crippen LogP contribution in [0.2, 0.25) is 0 Å². The van der Waals surface area contributed by atoms with Gasteiger partial charge in [-0.25, -0.2) is 13.8 Å². The molecule has 1 aromatic heterocycles. The normalized spacial score (nSPS) is 10.8. The van der Waals surface area contributed by atoms with Crippen LogP contribution < -0.4 is 15.6 Å². The predicted octanol–water partition coefficient (Wildman–Crippen LogP) is 4.40. The van der Waals surface area contributed by atoms with Crippen LogP contribution in [0.4, 0.5) is 14.5 Å².